The fourth-order valence-electron chi connectivity index (χ4n) is 1.86. The number of anilines is 1. The number of pyridine rings is 1. The summed E-state index contributed by atoms with van der Waals surface area (Å²) >= 11 is 0. The van der Waals surface area contributed by atoms with E-state index in [1.807, 2.05) is 19.3 Å². The molecule has 1 N–H and O–H groups in total. The molecule has 15 heavy (non-hydrogen) atoms. The van der Waals surface area contributed by atoms with E-state index < -0.39 is 0 Å². The highest BCUT2D eigenvalue weighted by molar-refractivity contribution is 5.91. The molecule has 78 valence electrons. The van der Waals surface area contributed by atoms with Gasteiger partial charge in [-0.1, -0.05) is 19.4 Å². The van der Waals surface area contributed by atoms with Crippen LogP contribution in [-0.4, -0.2) is 12.0 Å². The zero-order chi connectivity index (χ0) is 10.7. The van der Waals surface area contributed by atoms with Gasteiger partial charge in [0.1, 0.15) is 0 Å². The van der Waals surface area contributed by atoms with Gasteiger partial charge in [0.15, 0.2) is 0 Å². The minimum Gasteiger partial charge on any atom is -0.388 e. The lowest BCUT2D eigenvalue weighted by Gasteiger charge is -2.06. The SMILES string of the molecule is CCCc1ccc2nccc(NC)c2c1. The van der Waals surface area contributed by atoms with Crippen molar-refractivity contribution in [1.29, 1.82) is 0 Å². The molecule has 0 aliphatic rings. The van der Waals surface area contributed by atoms with Crippen molar-refractivity contribution < 1.29 is 0 Å². The average Bonchev–Trinajstić information content (AvgIpc) is 2.28. The van der Waals surface area contributed by atoms with Gasteiger partial charge in [0, 0.05) is 24.3 Å². The Labute approximate surface area is 90.3 Å². The van der Waals surface area contributed by atoms with Gasteiger partial charge in [-0.15, -0.1) is 0 Å². The third kappa shape index (κ3) is 1.94. The van der Waals surface area contributed by atoms with E-state index in [0.29, 0.717) is 0 Å². The lowest BCUT2D eigenvalue weighted by Crippen LogP contribution is -1.92. The molecule has 1 aromatic heterocycles. The number of aryl methyl sites for hydroxylation is 1. The molecule has 2 heteroatoms. The Morgan fingerprint density at radius 2 is 2.13 bits per heavy atom. The van der Waals surface area contributed by atoms with E-state index in [0.717, 1.165) is 17.6 Å². The molecule has 2 rings (SSSR count). The first-order valence-corrected chi connectivity index (χ1v) is 5.40. The van der Waals surface area contributed by atoms with Crippen molar-refractivity contribution in [2.24, 2.45) is 0 Å². The second-order valence-corrected chi connectivity index (χ2v) is 3.71. The summed E-state index contributed by atoms with van der Waals surface area (Å²) in [5.41, 5.74) is 3.59. The predicted octanol–water partition coefficient (Wildman–Crippen LogP) is 3.23. The number of hydrogen-bond acceptors (Lipinski definition) is 2. The third-order valence-corrected chi connectivity index (χ3v) is 2.61. The number of nitrogens with zero attached hydrogens (tertiary/aromatic N) is 1. The molecule has 0 bridgehead atoms. The van der Waals surface area contributed by atoms with Gasteiger partial charge in [-0.3, -0.25) is 4.98 Å². The van der Waals surface area contributed by atoms with Crippen LogP contribution in [0.3, 0.4) is 0 Å². The first-order chi connectivity index (χ1) is 7.35. The summed E-state index contributed by atoms with van der Waals surface area (Å²) < 4.78 is 0. The molecule has 0 unspecified atom stereocenters. The van der Waals surface area contributed by atoms with Crippen molar-refractivity contribution >= 4 is 16.6 Å². The summed E-state index contributed by atoms with van der Waals surface area (Å²) in [6, 6.07) is 8.51. The third-order valence-electron chi connectivity index (χ3n) is 2.61. The maximum Gasteiger partial charge on any atom is 0.0722 e. The van der Waals surface area contributed by atoms with Crippen molar-refractivity contribution in [2.75, 3.05) is 12.4 Å². The van der Waals surface area contributed by atoms with Gasteiger partial charge in [0.25, 0.3) is 0 Å². The summed E-state index contributed by atoms with van der Waals surface area (Å²) in [6.45, 7) is 2.20. The van der Waals surface area contributed by atoms with Crippen LogP contribution in [-0.2, 0) is 6.42 Å². The van der Waals surface area contributed by atoms with Crippen LogP contribution < -0.4 is 5.32 Å². The van der Waals surface area contributed by atoms with E-state index in [-0.39, 0.29) is 0 Å². The smallest absolute Gasteiger partial charge is 0.0722 e. The van der Waals surface area contributed by atoms with E-state index in [1.165, 1.54) is 17.4 Å². The average molecular weight is 200 g/mol. The maximum absolute atomic E-state index is 4.35. The first kappa shape index (κ1) is 9.97. The Hall–Kier alpha value is -1.57. The van der Waals surface area contributed by atoms with Gasteiger partial charge < -0.3 is 5.32 Å². The van der Waals surface area contributed by atoms with E-state index in [9.17, 15) is 0 Å². The number of benzene rings is 1. The molecule has 0 fully saturated rings. The van der Waals surface area contributed by atoms with Gasteiger partial charge in [-0.25, -0.2) is 0 Å². The summed E-state index contributed by atoms with van der Waals surface area (Å²) in [6.07, 6.45) is 4.16. The summed E-state index contributed by atoms with van der Waals surface area (Å²) in [7, 11) is 1.95. The van der Waals surface area contributed by atoms with Gasteiger partial charge in [0.05, 0.1) is 5.52 Å². The highest BCUT2D eigenvalue weighted by atomic mass is 14.8. The van der Waals surface area contributed by atoms with Crippen LogP contribution in [0.1, 0.15) is 18.9 Å². The molecule has 0 aliphatic carbocycles. The highest BCUT2D eigenvalue weighted by Gasteiger charge is 2.01. The number of nitrogens with one attached hydrogen (secondary N) is 1. The quantitative estimate of drug-likeness (QED) is 0.822. The largest absolute Gasteiger partial charge is 0.388 e. The van der Waals surface area contributed by atoms with Crippen LogP contribution in [0.5, 0.6) is 0 Å². The minimum atomic E-state index is 1.06. The Morgan fingerprint density at radius 1 is 1.27 bits per heavy atom. The molecule has 0 amide bonds. The second kappa shape index (κ2) is 4.30. The van der Waals surface area contributed by atoms with E-state index in [1.54, 1.807) is 0 Å². The van der Waals surface area contributed by atoms with Gasteiger partial charge in [0.2, 0.25) is 0 Å². The summed E-state index contributed by atoms with van der Waals surface area (Å²) in [5, 5.41) is 4.41. The molecule has 0 radical (unpaired) electrons. The lowest BCUT2D eigenvalue weighted by molar-refractivity contribution is 0.923. The number of aromatic nitrogens is 1. The van der Waals surface area contributed by atoms with Crippen molar-refractivity contribution in [3.8, 4) is 0 Å². The Kier molecular flexibility index (Phi) is 2.86. The van der Waals surface area contributed by atoms with Crippen molar-refractivity contribution in [2.45, 2.75) is 19.8 Å². The summed E-state index contributed by atoms with van der Waals surface area (Å²) in [5.74, 6) is 0. The topological polar surface area (TPSA) is 24.9 Å². The Morgan fingerprint density at radius 3 is 2.87 bits per heavy atom. The van der Waals surface area contributed by atoms with Crippen LogP contribution in [0, 0.1) is 0 Å². The zero-order valence-corrected chi connectivity index (χ0v) is 9.25. The van der Waals surface area contributed by atoms with E-state index in [4.69, 9.17) is 0 Å². The molecule has 0 aliphatic heterocycles. The molecule has 0 spiro atoms. The highest BCUT2D eigenvalue weighted by Crippen LogP contribution is 2.22. The summed E-state index contributed by atoms with van der Waals surface area (Å²) in [4.78, 5) is 4.35. The predicted molar refractivity (Wildman–Crippen MR) is 65.3 cm³/mol. The Balaban J connectivity index is 2.57. The monoisotopic (exact) mass is 200 g/mol. The van der Waals surface area contributed by atoms with Crippen LogP contribution in [0.2, 0.25) is 0 Å². The molecular weight excluding hydrogens is 184 g/mol. The molecular formula is C13H16N2. The van der Waals surface area contributed by atoms with Gasteiger partial charge >= 0.3 is 0 Å². The second-order valence-electron chi connectivity index (χ2n) is 3.71. The minimum absolute atomic E-state index is 1.06. The molecule has 2 nitrogen and oxygen atoms in total. The molecule has 1 aromatic carbocycles. The van der Waals surface area contributed by atoms with Crippen LogP contribution in [0.4, 0.5) is 5.69 Å². The fraction of sp³-hybridized carbons (Fsp3) is 0.308. The zero-order valence-electron chi connectivity index (χ0n) is 9.25. The van der Waals surface area contributed by atoms with Crippen LogP contribution >= 0.6 is 0 Å². The normalized spacial score (nSPS) is 10.5. The first-order valence-electron chi connectivity index (χ1n) is 5.40. The van der Waals surface area contributed by atoms with Crippen LogP contribution in [0.25, 0.3) is 10.9 Å². The molecule has 0 atom stereocenters. The van der Waals surface area contributed by atoms with Crippen LogP contribution in [0.15, 0.2) is 30.5 Å². The fourth-order valence-corrected chi connectivity index (χ4v) is 1.86. The van der Waals surface area contributed by atoms with E-state index in [2.05, 4.69) is 35.4 Å². The van der Waals surface area contributed by atoms with Gasteiger partial charge in [-0.05, 0) is 30.2 Å². The van der Waals surface area contributed by atoms with Crippen molar-refractivity contribution in [3.63, 3.8) is 0 Å². The number of hydrogen-bond donors (Lipinski definition) is 1. The van der Waals surface area contributed by atoms with Crippen molar-refractivity contribution in [3.05, 3.63) is 36.0 Å². The lowest BCUT2D eigenvalue weighted by atomic mass is 10.1. The maximum atomic E-state index is 4.35. The number of rotatable bonds is 3. The molecule has 1 heterocycles. The molecule has 2 aromatic rings. The van der Waals surface area contributed by atoms with E-state index >= 15 is 0 Å². The number of fused-ring (bicyclic) bond motifs is 1. The molecule has 0 saturated carbocycles. The van der Waals surface area contributed by atoms with Gasteiger partial charge in [-0.2, -0.15) is 0 Å². The van der Waals surface area contributed by atoms with Crippen molar-refractivity contribution in [1.82, 2.24) is 4.98 Å². The Bertz CT molecular complexity index is 463. The molecule has 0 saturated heterocycles. The standard InChI is InChI=1S/C13H16N2/c1-3-4-10-5-6-13-11(9-10)12(14-2)7-8-15-13/h5-9H,3-4H2,1-2H3,(H,14,15).